The number of fused-ring (bicyclic) bond motifs is 9. The zero-order valence-electron chi connectivity index (χ0n) is 24.2. The third kappa shape index (κ3) is 3.74. The lowest BCUT2D eigenvalue weighted by molar-refractivity contribution is 1.36. The van der Waals surface area contributed by atoms with E-state index in [1.807, 2.05) is 0 Å². The molecule has 9 rings (SSSR count). The Morgan fingerprint density at radius 2 is 0.818 bits per heavy atom. The molecule has 0 N–H and O–H groups in total. The second-order valence-electron chi connectivity index (χ2n) is 11.7. The van der Waals surface area contributed by atoms with E-state index in [9.17, 15) is 0 Å². The molecule has 0 aromatic heterocycles. The predicted octanol–water partition coefficient (Wildman–Crippen LogP) is 9.74. The van der Waals surface area contributed by atoms with Gasteiger partial charge in [0.15, 0.2) is 0 Å². The maximum absolute atomic E-state index is 2.56. The van der Waals surface area contributed by atoms with Crippen LogP contribution in [0.25, 0.3) is 54.6 Å². The molecule has 1 aliphatic heterocycles. The second kappa shape index (κ2) is 10.0. The Hall–Kier alpha value is -5.60. The van der Waals surface area contributed by atoms with Crippen molar-refractivity contribution >= 4 is 61.5 Å². The molecule has 2 heteroatoms. The molecule has 0 atom stereocenters. The molecule has 0 unspecified atom stereocenters. The van der Waals surface area contributed by atoms with Crippen LogP contribution in [0.5, 0.6) is 0 Å². The number of nitrogens with zero attached hydrogens (tertiary/aromatic N) is 1. The van der Waals surface area contributed by atoms with Crippen LogP contribution in [0.15, 0.2) is 170 Å². The lowest BCUT2D eigenvalue weighted by atomic mass is 9.45. The summed E-state index contributed by atoms with van der Waals surface area (Å²) in [7, 11) is 0. The monoisotopic (exact) mass is 557 g/mol. The highest BCUT2D eigenvalue weighted by molar-refractivity contribution is 6.91. The molecular formula is C42H28BN. The van der Waals surface area contributed by atoms with Crippen LogP contribution in [0, 0.1) is 0 Å². The maximum atomic E-state index is 2.56. The van der Waals surface area contributed by atoms with Crippen LogP contribution in [0.4, 0.5) is 11.4 Å². The number of anilines is 2. The summed E-state index contributed by atoms with van der Waals surface area (Å²) in [5, 5.41) is 7.77. The molecule has 1 heterocycles. The molecular weight excluding hydrogens is 529 g/mol. The van der Waals surface area contributed by atoms with Gasteiger partial charge in [-0.25, -0.2) is 0 Å². The van der Waals surface area contributed by atoms with Crippen molar-refractivity contribution in [1.29, 1.82) is 0 Å². The van der Waals surface area contributed by atoms with E-state index < -0.39 is 0 Å². The van der Waals surface area contributed by atoms with E-state index in [-0.39, 0.29) is 6.85 Å². The minimum absolute atomic E-state index is 0.0358. The van der Waals surface area contributed by atoms with Crippen LogP contribution in [-0.2, 0) is 0 Å². The van der Waals surface area contributed by atoms with E-state index in [0.29, 0.717) is 0 Å². The van der Waals surface area contributed by atoms with Crippen LogP contribution >= 0.6 is 0 Å². The van der Waals surface area contributed by atoms with Crippen LogP contribution in [0.2, 0.25) is 0 Å². The molecule has 0 radical (unpaired) electrons. The van der Waals surface area contributed by atoms with Gasteiger partial charge in [-0.05, 0) is 67.1 Å². The molecule has 0 bridgehead atoms. The van der Waals surface area contributed by atoms with E-state index in [0.717, 1.165) is 0 Å². The van der Waals surface area contributed by atoms with Crippen molar-refractivity contribution in [3.05, 3.63) is 170 Å². The molecule has 0 saturated heterocycles. The van der Waals surface area contributed by atoms with E-state index in [4.69, 9.17) is 0 Å². The molecule has 8 aromatic carbocycles. The van der Waals surface area contributed by atoms with Crippen molar-refractivity contribution in [2.45, 2.75) is 0 Å². The number of rotatable bonds is 3. The fourth-order valence-corrected chi connectivity index (χ4v) is 7.41. The molecule has 44 heavy (non-hydrogen) atoms. The predicted molar refractivity (Wildman–Crippen MR) is 190 cm³/mol. The summed E-state index contributed by atoms with van der Waals surface area (Å²) < 4.78 is 0. The first-order valence-electron chi connectivity index (χ1n) is 15.3. The number of benzene rings is 8. The van der Waals surface area contributed by atoms with Gasteiger partial charge in [0.2, 0.25) is 0 Å². The molecule has 1 aliphatic rings. The molecule has 1 nitrogen and oxygen atoms in total. The Morgan fingerprint density at radius 1 is 0.341 bits per heavy atom. The summed E-state index contributed by atoms with van der Waals surface area (Å²) in [4.78, 5) is 2.56. The normalized spacial score (nSPS) is 12.5. The highest BCUT2D eigenvalue weighted by Crippen LogP contribution is 2.44. The summed E-state index contributed by atoms with van der Waals surface area (Å²) in [5.74, 6) is 0. The Bertz CT molecular complexity index is 2320. The molecule has 0 saturated carbocycles. The van der Waals surface area contributed by atoms with E-state index in [2.05, 4.69) is 175 Å². The summed E-state index contributed by atoms with van der Waals surface area (Å²) in [6.45, 7) is 0.0358. The van der Waals surface area contributed by atoms with Gasteiger partial charge in [-0.2, -0.15) is 0 Å². The van der Waals surface area contributed by atoms with Gasteiger partial charge in [0, 0.05) is 22.5 Å². The van der Waals surface area contributed by atoms with Crippen molar-refractivity contribution in [1.82, 2.24) is 0 Å². The third-order valence-electron chi connectivity index (χ3n) is 9.30. The number of para-hydroxylation sites is 2. The van der Waals surface area contributed by atoms with Crippen molar-refractivity contribution < 1.29 is 0 Å². The molecule has 0 fully saturated rings. The fraction of sp³-hybridized carbons (Fsp3) is 0. The van der Waals surface area contributed by atoms with E-state index >= 15 is 0 Å². The smallest absolute Gasteiger partial charge is 0.328 e. The van der Waals surface area contributed by atoms with Crippen molar-refractivity contribution in [2.24, 2.45) is 0 Å². The summed E-state index contributed by atoms with van der Waals surface area (Å²) >= 11 is 0. The second-order valence-corrected chi connectivity index (χ2v) is 11.7. The topological polar surface area (TPSA) is 3.24 Å². The quantitative estimate of drug-likeness (QED) is 0.154. The van der Waals surface area contributed by atoms with Gasteiger partial charge in [-0.15, -0.1) is 0 Å². The molecule has 0 aliphatic carbocycles. The van der Waals surface area contributed by atoms with E-state index in [1.165, 1.54) is 76.9 Å². The Balaban J connectivity index is 1.32. The molecule has 0 spiro atoms. The van der Waals surface area contributed by atoms with E-state index in [1.54, 1.807) is 0 Å². The minimum atomic E-state index is 0.0358. The number of hydrogen-bond acceptors (Lipinski definition) is 1. The SMILES string of the molecule is c1ccc(B2c3ccccc3-c3ccccc3N2c2ccccc2-c2ccc3c4ccccc4c4ccccc4c3c2)cc1. The van der Waals surface area contributed by atoms with Crippen LogP contribution in [0.3, 0.4) is 0 Å². The van der Waals surface area contributed by atoms with Crippen molar-refractivity contribution in [3.63, 3.8) is 0 Å². The first kappa shape index (κ1) is 25.0. The summed E-state index contributed by atoms with van der Waals surface area (Å²) in [5.41, 5.74) is 10.0. The van der Waals surface area contributed by atoms with Gasteiger partial charge in [0.05, 0.1) is 0 Å². The molecule has 0 amide bonds. The zero-order valence-corrected chi connectivity index (χ0v) is 24.2. The highest BCUT2D eigenvalue weighted by Gasteiger charge is 2.37. The van der Waals surface area contributed by atoms with Gasteiger partial charge in [0.1, 0.15) is 0 Å². The van der Waals surface area contributed by atoms with Crippen LogP contribution in [0.1, 0.15) is 0 Å². The maximum Gasteiger partial charge on any atom is 0.328 e. The first-order valence-corrected chi connectivity index (χ1v) is 15.3. The molecule has 204 valence electrons. The molecule has 8 aromatic rings. The standard InChI is InChI=1S/C42H28BN/c1-2-14-30(15-3-1)43-40-23-11-8-21-37(40)38-22-10-13-25-42(38)44(43)41-24-12-9-16-31(41)29-26-27-36-34-19-5-4-17-32(34)33-18-6-7-20-35(33)39(36)28-29/h1-28H. The highest BCUT2D eigenvalue weighted by atomic mass is 15.1. The minimum Gasteiger partial charge on any atom is -0.376 e. The van der Waals surface area contributed by atoms with Crippen molar-refractivity contribution in [3.8, 4) is 22.3 Å². The lowest BCUT2D eigenvalue weighted by Gasteiger charge is -2.40. The Kier molecular flexibility index (Phi) is 5.67. The Morgan fingerprint density at radius 3 is 1.50 bits per heavy atom. The average Bonchev–Trinajstić information content (AvgIpc) is 3.11. The summed E-state index contributed by atoms with van der Waals surface area (Å²) in [6.07, 6.45) is 0. The number of hydrogen-bond donors (Lipinski definition) is 0. The van der Waals surface area contributed by atoms with Gasteiger partial charge in [-0.3, -0.25) is 0 Å². The van der Waals surface area contributed by atoms with Gasteiger partial charge < -0.3 is 4.81 Å². The van der Waals surface area contributed by atoms with Crippen LogP contribution in [-0.4, -0.2) is 6.85 Å². The summed E-state index contributed by atoms with van der Waals surface area (Å²) in [6, 6.07) is 62.3. The largest absolute Gasteiger partial charge is 0.376 e. The Labute approximate surface area is 257 Å². The third-order valence-corrected chi connectivity index (χ3v) is 9.30. The van der Waals surface area contributed by atoms with Gasteiger partial charge >= 0.3 is 6.85 Å². The van der Waals surface area contributed by atoms with Gasteiger partial charge in [-0.1, -0.05) is 157 Å². The zero-order chi connectivity index (χ0) is 29.0. The van der Waals surface area contributed by atoms with Crippen molar-refractivity contribution in [2.75, 3.05) is 4.81 Å². The van der Waals surface area contributed by atoms with Crippen LogP contribution < -0.4 is 15.7 Å². The van der Waals surface area contributed by atoms with Gasteiger partial charge in [0.25, 0.3) is 0 Å². The first-order chi connectivity index (χ1) is 21.9. The lowest BCUT2D eigenvalue weighted by Crippen LogP contribution is -2.57. The fourth-order valence-electron chi connectivity index (χ4n) is 7.41. The average molecular weight is 558 g/mol.